The molecule has 1 aromatic rings. The number of carboxylic acid groups (broad SMARTS) is 1. The number of phenols is 2. The topological polar surface area (TPSA) is 133 Å². The molecule has 0 bridgehead atoms. The number of phenolic OH excluding ortho intramolecular Hbond substituents is 2. The summed E-state index contributed by atoms with van der Waals surface area (Å²) in [6.07, 6.45) is -0.171. The maximum atomic E-state index is 11.7. The molecule has 8 nitrogen and oxygen atoms in total. The number of hydrogen-bond acceptors (Lipinski definition) is 6. The lowest BCUT2D eigenvalue weighted by Crippen LogP contribution is -2.43. The van der Waals surface area contributed by atoms with Gasteiger partial charge in [-0.25, -0.2) is 13.1 Å². The van der Waals surface area contributed by atoms with Crippen molar-refractivity contribution >= 4 is 16.0 Å². The second-order valence-corrected chi connectivity index (χ2v) is 6.22. The molecule has 21 heavy (non-hydrogen) atoms. The van der Waals surface area contributed by atoms with Crippen LogP contribution in [0.5, 0.6) is 11.5 Å². The van der Waals surface area contributed by atoms with Gasteiger partial charge in [-0.2, -0.15) is 0 Å². The lowest BCUT2D eigenvalue weighted by Gasteiger charge is -2.15. The zero-order valence-electron chi connectivity index (χ0n) is 11.3. The van der Waals surface area contributed by atoms with Crippen LogP contribution in [0.4, 0.5) is 0 Å². The van der Waals surface area contributed by atoms with E-state index in [9.17, 15) is 23.4 Å². The van der Waals surface area contributed by atoms with Crippen LogP contribution in [0, 0.1) is 0 Å². The van der Waals surface area contributed by atoms with Crippen molar-refractivity contribution < 1.29 is 33.3 Å². The maximum absolute atomic E-state index is 11.7. The third-order valence-electron chi connectivity index (χ3n) is 2.66. The zero-order chi connectivity index (χ0) is 16.0. The van der Waals surface area contributed by atoms with E-state index in [0.717, 1.165) is 0 Å². The normalized spacial score (nSPS) is 13.0. The Bertz CT molecular complexity index is 600. The van der Waals surface area contributed by atoms with Gasteiger partial charge >= 0.3 is 5.97 Å². The van der Waals surface area contributed by atoms with E-state index < -0.39 is 27.8 Å². The Morgan fingerprint density at radius 3 is 2.52 bits per heavy atom. The first-order valence-electron chi connectivity index (χ1n) is 5.98. The highest BCUT2D eigenvalue weighted by Crippen LogP contribution is 2.25. The van der Waals surface area contributed by atoms with Gasteiger partial charge in [0.2, 0.25) is 10.0 Å². The Morgan fingerprint density at radius 2 is 2.00 bits per heavy atom. The first-order valence-corrected chi connectivity index (χ1v) is 7.63. The summed E-state index contributed by atoms with van der Waals surface area (Å²) >= 11 is 0. The van der Waals surface area contributed by atoms with Crippen molar-refractivity contribution in [3.8, 4) is 11.5 Å². The Kier molecular flexibility index (Phi) is 5.94. The number of rotatable bonds is 8. The third kappa shape index (κ3) is 5.58. The first-order chi connectivity index (χ1) is 9.75. The fourth-order valence-electron chi connectivity index (χ4n) is 1.58. The molecule has 1 atom stereocenters. The summed E-state index contributed by atoms with van der Waals surface area (Å²) in [5, 5.41) is 27.6. The molecule has 1 unspecified atom stereocenters. The number of hydrogen-bond donors (Lipinski definition) is 4. The lowest BCUT2D eigenvalue weighted by atomic mass is 10.1. The molecule has 0 saturated carbocycles. The number of ether oxygens (including phenoxy) is 1. The SMILES string of the molecule is COCCS(=O)(=O)NC(Cc1ccc(O)c(O)c1)C(=O)O. The molecule has 118 valence electrons. The van der Waals surface area contributed by atoms with Crippen molar-refractivity contribution in [1.29, 1.82) is 0 Å². The molecule has 0 aliphatic rings. The van der Waals surface area contributed by atoms with Crippen molar-refractivity contribution in [2.75, 3.05) is 19.5 Å². The van der Waals surface area contributed by atoms with Crippen LogP contribution in [0.25, 0.3) is 0 Å². The highest BCUT2D eigenvalue weighted by molar-refractivity contribution is 7.89. The average molecular weight is 319 g/mol. The Hall–Kier alpha value is -1.84. The van der Waals surface area contributed by atoms with E-state index >= 15 is 0 Å². The molecular weight excluding hydrogens is 302 g/mol. The summed E-state index contributed by atoms with van der Waals surface area (Å²) in [7, 11) is -2.46. The number of carbonyl (C=O) groups is 1. The summed E-state index contributed by atoms with van der Waals surface area (Å²) in [6.45, 7) is -0.0539. The van der Waals surface area contributed by atoms with Gasteiger partial charge in [-0.05, 0) is 24.1 Å². The minimum absolute atomic E-state index is 0.0539. The largest absolute Gasteiger partial charge is 0.504 e. The molecule has 4 N–H and O–H groups in total. The second kappa shape index (κ2) is 7.25. The Balaban J connectivity index is 2.83. The fourth-order valence-corrected chi connectivity index (χ4v) is 2.70. The van der Waals surface area contributed by atoms with Crippen molar-refractivity contribution in [2.45, 2.75) is 12.5 Å². The molecular formula is C12H17NO7S. The summed E-state index contributed by atoms with van der Waals surface area (Å²) in [4.78, 5) is 11.1. The molecule has 0 amide bonds. The molecule has 0 aromatic heterocycles. The summed E-state index contributed by atoms with van der Waals surface area (Å²) in [6, 6.07) is 2.39. The summed E-state index contributed by atoms with van der Waals surface area (Å²) in [5.41, 5.74) is 0.368. The molecule has 0 radical (unpaired) electrons. The number of benzene rings is 1. The van der Waals surface area contributed by atoms with Crippen LogP contribution in [0.15, 0.2) is 18.2 Å². The van der Waals surface area contributed by atoms with E-state index in [1.807, 2.05) is 0 Å². The molecule has 0 saturated heterocycles. The van der Waals surface area contributed by atoms with Crippen LogP contribution < -0.4 is 4.72 Å². The van der Waals surface area contributed by atoms with E-state index in [-0.39, 0.29) is 24.5 Å². The number of carboxylic acids is 1. The van der Waals surface area contributed by atoms with E-state index in [2.05, 4.69) is 9.46 Å². The van der Waals surface area contributed by atoms with E-state index in [1.54, 1.807) is 0 Å². The molecule has 0 spiro atoms. The van der Waals surface area contributed by atoms with Crippen LogP contribution >= 0.6 is 0 Å². The highest BCUT2D eigenvalue weighted by Gasteiger charge is 2.24. The van der Waals surface area contributed by atoms with Gasteiger partial charge in [0.25, 0.3) is 0 Å². The molecule has 1 aromatic carbocycles. The second-order valence-electron chi connectivity index (χ2n) is 4.35. The standard InChI is InChI=1S/C12H17NO7S/c1-20-4-5-21(18,19)13-9(12(16)17)6-8-2-3-10(14)11(15)7-8/h2-3,7,9,13-15H,4-6H2,1H3,(H,16,17). The summed E-state index contributed by atoms with van der Waals surface area (Å²) < 4.78 is 30.0. The number of sulfonamides is 1. The van der Waals surface area contributed by atoms with E-state index in [0.29, 0.717) is 5.56 Å². The summed E-state index contributed by atoms with van der Waals surface area (Å²) in [5.74, 6) is -2.44. The monoisotopic (exact) mass is 319 g/mol. The number of nitrogens with one attached hydrogen (secondary N) is 1. The number of aromatic hydroxyl groups is 2. The van der Waals surface area contributed by atoms with Gasteiger partial charge in [-0.1, -0.05) is 6.07 Å². The van der Waals surface area contributed by atoms with Gasteiger partial charge in [0, 0.05) is 7.11 Å². The van der Waals surface area contributed by atoms with Gasteiger partial charge in [0.05, 0.1) is 12.4 Å². The lowest BCUT2D eigenvalue weighted by molar-refractivity contribution is -0.138. The number of methoxy groups -OCH3 is 1. The fraction of sp³-hybridized carbons (Fsp3) is 0.417. The molecule has 0 heterocycles. The Labute approximate surface area is 122 Å². The van der Waals surface area contributed by atoms with Gasteiger partial charge in [0.15, 0.2) is 11.5 Å². The third-order valence-corrected chi connectivity index (χ3v) is 4.00. The van der Waals surface area contributed by atoms with E-state index in [1.165, 1.54) is 25.3 Å². The minimum atomic E-state index is -3.79. The average Bonchev–Trinajstić information content (AvgIpc) is 2.39. The minimum Gasteiger partial charge on any atom is -0.504 e. The smallest absolute Gasteiger partial charge is 0.322 e. The van der Waals surface area contributed by atoms with Gasteiger partial charge in [-0.15, -0.1) is 0 Å². The zero-order valence-corrected chi connectivity index (χ0v) is 12.1. The Morgan fingerprint density at radius 1 is 1.33 bits per heavy atom. The van der Waals surface area contributed by atoms with Crippen molar-refractivity contribution in [3.05, 3.63) is 23.8 Å². The molecule has 9 heteroatoms. The van der Waals surface area contributed by atoms with Crippen LogP contribution in [0.2, 0.25) is 0 Å². The van der Waals surface area contributed by atoms with Crippen molar-refractivity contribution in [2.24, 2.45) is 0 Å². The van der Waals surface area contributed by atoms with Crippen LogP contribution in [0.1, 0.15) is 5.56 Å². The molecule has 0 aliphatic heterocycles. The van der Waals surface area contributed by atoms with Crippen molar-refractivity contribution in [1.82, 2.24) is 4.72 Å². The van der Waals surface area contributed by atoms with Gasteiger partial charge in [0.1, 0.15) is 6.04 Å². The first kappa shape index (κ1) is 17.2. The molecule has 1 rings (SSSR count). The van der Waals surface area contributed by atoms with Gasteiger partial charge in [-0.3, -0.25) is 4.79 Å². The van der Waals surface area contributed by atoms with Crippen LogP contribution in [-0.2, 0) is 26.0 Å². The van der Waals surface area contributed by atoms with Crippen molar-refractivity contribution in [3.63, 3.8) is 0 Å². The maximum Gasteiger partial charge on any atom is 0.322 e. The van der Waals surface area contributed by atoms with Crippen LogP contribution in [-0.4, -0.2) is 55.2 Å². The molecule has 0 fully saturated rings. The van der Waals surface area contributed by atoms with Gasteiger partial charge < -0.3 is 20.1 Å². The van der Waals surface area contributed by atoms with E-state index in [4.69, 9.17) is 5.11 Å². The predicted molar refractivity (Wildman–Crippen MR) is 73.7 cm³/mol. The molecule has 0 aliphatic carbocycles. The van der Waals surface area contributed by atoms with Crippen LogP contribution in [0.3, 0.4) is 0 Å². The number of aliphatic carboxylic acids is 1. The quantitative estimate of drug-likeness (QED) is 0.482. The predicted octanol–water partition coefficient (Wildman–Crippen LogP) is -0.341. The highest BCUT2D eigenvalue weighted by atomic mass is 32.2.